The zero-order valence-electron chi connectivity index (χ0n) is 17.8. The zero-order chi connectivity index (χ0) is 23.0. The van der Waals surface area contributed by atoms with E-state index >= 15 is 0 Å². The summed E-state index contributed by atoms with van der Waals surface area (Å²) in [5.74, 6) is -1.04. The van der Waals surface area contributed by atoms with Crippen molar-refractivity contribution >= 4 is 34.7 Å². The first-order chi connectivity index (χ1) is 15.3. The Bertz CT molecular complexity index is 1240. The molecule has 6 nitrogen and oxygen atoms in total. The largest absolute Gasteiger partial charge is 0.507 e. The maximum Gasteiger partial charge on any atom is 0.300 e. The van der Waals surface area contributed by atoms with Gasteiger partial charge >= 0.3 is 0 Å². The number of Topliss-reactive ketones (excluding diaryl/α,β-unsaturated/α-hetero) is 1. The minimum Gasteiger partial charge on any atom is -0.507 e. The number of hydrogen-bond donors (Lipinski definition) is 1. The third kappa shape index (κ3) is 3.63. The Morgan fingerprint density at radius 2 is 1.69 bits per heavy atom. The zero-order valence-corrected chi connectivity index (χ0v) is 18.6. The molecule has 0 bridgehead atoms. The van der Waals surface area contributed by atoms with Crippen LogP contribution in [-0.2, 0) is 9.59 Å². The van der Waals surface area contributed by atoms with E-state index < -0.39 is 17.7 Å². The summed E-state index contributed by atoms with van der Waals surface area (Å²) in [5.41, 5.74) is 3.15. The van der Waals surface area contributed by atoms with Crippen LogP contribution in [0.25, 0.3) is 5.76 Å². The van der Waals surface area contributed by atoms with Crippen molar-refractivity contribution in [2.45, 2.75) is 19.9 Å². The molecule has 1 aliphatic heterocycles. The molecule has 1 amide bonds. The van der Waals surface area contributed by atoms with Gasteiger partial charge in [0.25, 0.3) is 11.7 Å². The molecule has 0 radical (unpaired) electrons. The highest BCUT2D eigenvalue weighted by Gasteiger charge is 2.47. The van der Waals surface area contributed by atoms with Gasteiger partial charge in [0.15, 0.2) is 0 Å². The summed E-state index contributed by atoms with van der Waals surface area (Å²) in [5, 5.41) is 11.8. The molecule has 1 aromatic heterocycles. The molecular weight excluding hydrogens is 428 g/mol. The molecule has 1 saturated heterocycles. The van der Waals surface area contributed by atoms with Crippen LogP contribution in [0.15, 0.2) is 66.5 Å². The monoisotopic (exact) mass is 448 g/mol. The maximum absolute atomic E-state index is 13.2. The lowest BCUT2D eigenvalue weighted by atomic mass is 9.93. The SMILES string of the molecule is COc1cc(C)c(/C(O)=C2\C(=O)C(=O)N(c3ccc(Cl)cc3)C2c2ccncc2)cc1C. The number of carbonyl (C=O) groups is 2. The average molecular weight is 449 g/mol. The molecule has 2 aromatic carbocycles. The summed E-state index contributed by atoms with van der Waals surface area (Å²) in [6.07, 6.45) is 3.17. The predicted molar refractivity (Wildman–Crippen MR) is 123 cm³/mol. The summed E-state index contributed by atoms with van der Waals surface area (Å²) < 4.78 is 5.35. The predicted octanol–water partition coefficient (Wildman–Crippen LogP) is 4.99. The van der Waals surface area contributed by atoms with Gasteiger partial charge in [-0.2, -0.15) is 0 Å². The first kappa shape index (κ1) is 21.6. The molecular formula is C25H21ClN2O4. The molecule has 162 valence electrons. The standard InChI is InChI=1S/C25H21ClN2O4/c1-14-13-20(32-3)15(2)12-19(14)23(29)21-22(16-8-10-27-11-9-16)28(25(31)24(21)30)18-6-4-17(26)5-7-18/h4-13,22,29H,1-3H3/b23-21+. The van der Waals surface area contributed by atoms with Crippen LogP contribution in [0.3, 0.4) is 0 Å². The minimum absolute atomic E-state index is 0.0174. The molecule has 1 N–H and O–H groups in total. The number of amides is 1. The molecule has 1 aliphatic rings. The van der Waals surface area contributed by atoms with Gasteiger partial charge in [0.1, 0.15) is 11.5 Å². The van der Waals surface area contributed by atoms with Crippen LogP contribution in [0.5, 0.6) is 5.75 Å². The number of benzene rings is 2. The molecule has 32 heavy (non-hydrogen) atoms. The second kappa shape index (κ2) is 8.48. The number of aryl methyl sites for hydroxylation is 2. The van der Waals surface area contributed by atoms with E-state index in [9.17, 15) is 14.7 Å². The van der Waals surface area contributed by atoms with E-state index in [0.717, 1.165) is 11.1 Å². The normalized spacial score (nSPS) is 17.6. The van der Waals surface area contributed by atoms with Crippen LogP contribution in [0.4, 0.5) is 5.69 Å². The number of methoxy groups -OCH3 is 1. The second-order valence-electron chi connectivity index (χ2n) is 7.56. The summed E-state index contributed by atoms with van der Waals surface area (Å²) in [7, 11) is 1.57. The van der Waals surface area contributed by atoms with Crippen molar-refractivity contribution in [2.24, 2.45) is 0 Å². The summed E-state index contributed by atoms with van der Waals surface area (Å²) >= 11 is 6.01. The van der Waals surface area contributed by atoms with Crippen LogP contribution in [0, 0.1) is 13.8 Å². The van der Waals surface area contributed by atoms with Gasteiger partial charge in [0.05, 0.1) is 18.7 Å². The number of ether oxygens (including phenoxy) is 1. The molecule has 7 heteroatoms. The summed E-state index contributed by atoms with van der Waals surface area (Å²) in [4.78, 5) is 31.8. The Labute approximate surface area is 190 Å². The van der Waals surface area contributed by atoms with E-state index in [1.165, 1.54) is 4.90 Å². The van der Waals surface area contributed by atoms with Crippen LogP contribution in [-0.4, -0.2) is 28.9 Å². The van der Waals surface area contributed by atoms with Gasteiger partial charge in [-0.15, -0.1) is 0 Å². The van der Waals surface area contributed by atoms with Crippen LogP contribution in [0.1, 0.15) is 28.3 Å². The minimum atomic E-state index is -0.819. The Morgan fingerprint density at radius 1 is 1.03 bits per heavy atom. The van der Waals surface area contributed by atoms with E-state index in [1.807, 2.05) is 13.8 Å². The van der Waals surface area contributed by atoms with Crippen molar-refractivity contribution in [2.75, 3.05) is 12.0 Å². The smallest absolute Gasteiger partial charge is 0.300 e. The van der Waals surface area contributed by atoms with E-state index in [2.05, 4.69) is 4.98 Å². The first-order valence-electron chi connectivity index (χ1n) is 9.95. The number of nitrogens with zero attached hydrogens (tertiary/aromatic N) is 2. The average Bonchev–Trinajstić information content (AvgIpc) is 3.06. The molecule has 1 atom stereocenters. The summed E-state index contributed by atoms with van der Waals surface area (Å²) in [6, 6.07) is 12.8. The highest BCUT2D eigenvalue weighted by Crippen LogP contribution is 2.43. The number of ketones is 1. The van der Waals surface area contributed by atoms with Crippen LogP contribution >= 0.6 is 11.6 Å². The third-order valence-corrected chi connectivity index (χ3v) is 5.82. The van der Waals surface area contributed by atoms with Crippen LogP contribution in [0.2, 0.25) is 5.02 Å². The van der Waals surface area contributed by atoms with Crippen molar-refractivity contribution in [3.05, 3.63) is 93.8 Å². The number of pyridine rings is 1. The van der Waals surface area contributed by atoms with Gasteiger partial charge in [-0.1, -0.05) is 11.6 Å². The summed E-state index contributed by atoms with van der Waals surface area (Å²) in [6.45, 7) is 3.66. The van der Waals surface area contributed by atoms with Gasteiger partial charge in [0, 0.05) is 28.7 Å². The van der Waals surface area contributed by atoms with Crippen LogP contribution < -0.4 is 9.64 Å². The molecule has 0 saturated carbocycles. The maximum atomic E-state index is 13.2. The highest BCUT2D eigenvalue weighted by atomic mass is 35.5. The van der Waals surface area contributed by atoms with Crippen molar-refractivity contribution in [3.63, 3.8) is 0 Å². The van der Waals surface area contributed by atoms with Crippen molar-refractivity contribution < 1.29 is 19.4 Å². The molecule has 1 unspecified atom stereocenters. The molecule has 2 heterocycles. The van der Waals surface area contributed by atoms with E-state index in [-0.39, 0.29) is 11.3 Å². The number of aliphatic hydroxyl groups is 1. The van der Waals surface area contributed by atoms with E-state index in [0.29, 0.717) is 27.6 Å². The topological polar surface area (TPSA) is 79.7 Å². The molecule has 0 aliphatic carbocycles. The number of halogens is 1. The van der Waals surface area contributed by atoms with Gasteiger partial charge < -0.3 is 9.84 Å². The number of hydrogen-bond acceptors (Lipinski definition) is 5. The third-order valence-electron chi connectivity index (χ3n) is 5.57. The van der Waals surface area contributed by atoms with Gasteiger partial charge in [-0.05, 0) is 79.1 Å². The van der Waals surface area contributed by atoms with Crippen molar-refractivity contribution in [1.82, 2.24) is 4.98 Å². The number of aliphatic hydroxyl groups excluding tert-OH is 1. The van der Waals surface area contributed by atoms with Gasteiger partial charge in [-0.3, -0.25) is 19.5 Å². The molecule has 1 fully saturated rings. The molecule has 0 spiro atoms. The fraction of sp³-hybridized carbons (Fsp3) is 0.160. The van der Waals surface area contributed by atoms with Crippen molar-refractivity contribution in [3.8, 4) is 5.75 Å². The second-order valence-corrected chi connectivity index (χ2v) is 8.00. The van der Waals surface area contributed by atoms with E-state index in [4.69, 9.17) is 16.3 Å². The lowest BCUT2D eigenvalue weighted by Gasteiger charge is -2.25. The fourth-order valence-electron chi connectivity index (χ4n) is 3.97. The fourth-order valence-corrected chi connectivity index (χ4v) is 4.10. The lowest BCUT2D eigenvalue weighted by molar-refractivity contribution is -0.132. The Morgan fingerprint density at radius 3 is 2.31 bits per heavy atom. The number of anilines is 1. The molecule has 4 rings (SSSR count). The lowest BCUT2D eigenvalue weighted by Crippen LogP contribution is -2.29. The molecule has 3 aromatic rings. The van der Waals surface area contributed by atoms with Crippen molar-refractivity contribution in [1.29, 1.82) is 0 Å². The van der Waals surface area contributed by atoms with Gasteiger partial charge in [0.2, 0.25) is 0 Å². The first-order valence-corrected chi connectivity index (χ1v) is 10.3. The Kier molecular flexibility index (Phi) is 5.72. The Balaban J connectivity index is 1.96. The Hall–Kier alpha value is -3.64. The van der Waals surface area contributed by atoms with E-state index in [1.54, 1.807) is 68.0 Å². The highest BCUT2D eigenvalue weighted by molar-refractivity contribution is 6.51. The number of aromatic nitrogens is 1. The number of rotatable bonds is 4. The van der Waals surface area contributed by atoms with Gasteiger partial charge in [-0.25, -0.2) is 0 Å². The quantitative estimate of drug-likeness (QED) is 0.345. The number of carbonyl (C=O) groups excluding carboxylic acids is 2.